The topological polar surface area (TPSA) is 221 Å². The lowest BCUT2D eigenvalue weighted by Crippen LogP contribution is -2.59. The van der Waals surface area contributed by atoms with Crippen molar-refractivity contribution in [2.75, 3.05) is 40.7 Å². The molecule has 19 atom stereocenters. The van der Waals surface area contributed by atoms with Gasteiger partial charge in [0.2, 0.25) is 5.91 Å². The molecule has 4 heterocycles. The SMILES string of the molecule is CC[C@H]1OC(=O)/C=C/[C@H](C)[C@@H](O[C@@H]2O[C@H](C)C[C@@H](N(C)C)[C@@H]2O)[C@H](C)C[C@H](C)C(=O)C[C@H](SC[C@H](NC(C)=O)C(=O)O)[C@@H]2O[C@@H]2[C@@H]1CO[C@@H]1O[C@@H](C)[C@@H](O)[C@H](OC)[C@H]1OC. The number of esters is 1. The van der Waals surface area contributed by atoms with E-state index in [4.69, 9.17) is 37.9 Å². The van der Waals surface area contributed by atoms with Gasteiger partial charge >= 0.3 is 11.9 Å². The number of hydrogen-bond acceptors (Lipinski definition) is 16. The maximum absolute atomic E-state index is 14.2. The average Bonchev–Trinajstić information content (AvgIpc) is 3.98. The predicted molar refractivity (Wildman–Crippen MR) is 220 cm³/mol. The van der Waals surface area contributed by atoms with E-state index < -0.39 is 108 Å². The molecule has 17 nitrogen and oxygen atoms in total. The highest BCUT2D eigenvalue weighted by Gasteiger charge is 2.54. The summed E-state index contributed by atoms with van der Waals surface area (Å²) in [6, 6.07) is -1.42. The molecule has 4 N–H and O–H groups in total. The Bertz CT molecular complexity index is 1460. The van der Waals surface area contributed by atoms with E-state index in [2.05, 4.69) is 5.32 Å². The zero-order valence-electron chi connectivity index (χ0n) is 37.0. The number of Topliss-reactive ketones (excluding diaryl/α,β-unsaturated/α-hetero) is 1. The number of carboxylic acid groups (broad SMARTS) is 1. The molecule has 4 aliphatic rings. The highest BCUT2D eigenvalue weighted by atomic mass is 32.2. The summed E-state index contributed by atoms with van der Waals surface area (Å²) in [5, 5.41) is 33.9. The molecule has 60 heavy (non-hydrogen) atoms. The van der Waals surface area contributed by atoms with Crippen molar-refractivity contribution in [3.63, 3.8) is 0 Å². The summed E-state index contributed by atoms with van der Waals surface area (Å²) in [5.74, 6) is -4.07. The molecule has 0 aromatic heterocycles. The molecule has 18 heteroatoms. The van der Waals surface area contributed by atoms with Crippen LogP contribution in [0.2, 0.25) is 0 Å². The minimum absolute atomic E-state index is 0.0318. The average molecular weight is 875 g/mol. The number of nitrogens with zero attached hydrogens (tertiary/aromatic N) is 1. The Morgan fingerprint density at radius 2 is 1.63 bits per heavy atom. The zero-order valence-corrected chi connectivity index (χ0v) is 37.8. The monoisotopic (exact) mass is 874 g/mol. The lowest BCUT2D eigenvalue weighted by Gasteiger charge is -2.43. The van der Waals surface area contributed by atoms with Crippen molar-refractivity contribution in [2.45, 2.75) is 165 Å². The molecule has 4 aliphatic heterocycles. The van der Waals surface area contributed by atoms with Crippen LogP contribution in [0.15, 0.2) is 12.2 Å². The summed E-state index contributed by atoms with van der Waals surface area (Å²) >= 11 is 1.23. The first-order valence-electron chi connectivity index (χ1n) is 21.2. The van der Waals surface area contributed by atoms with Crippen molar-refractivity contribution in [3.05, 3.63) is 12.2 Å². The number of cyclic esters (lactones) is 1. The van der Waals surface area contributed by atoms with Gasteiger partial charge in [0.05, 0.1) is 37.1 Å². The van der Waals surface area contributed by atoms with E-state index in [1.807, 2.05) is 53.6 Å². The number of methoxy groups -OCH3 is 2. The molecule has 0 bridgehead atoms. The maximum Gasteiger partial charge on any atom is 0.330 e. The summed E-state index contributed by atoms with van der Waals surface area (Å²) in [6.45, 7) is 12.4. The number of aliphatic hydroxyl groups is 2. The van der Waals surface area contributed by atoms with Gasteiger partial charge in [-0.05, 0) is 53.1 Å². The van der Waals surface area contributed by atoms with Crippen LogP contribution in [-0.2, 0) is 57.1 Å². The number of nitrogens with one attached hydrogen (secondary N) is 1. The molecule has 0 aromatic rings. The number of aliphatic carboxylic acids is 1. The van der Waals surface area contributed by atoms with Crippen LogP contribution in [0, 0.1) is 23.7 Å². The van der Waals surface area contributed by atoms with E-state index >= 15 is 0 Å². The van der Waals surface area contributed by atoms with E-state index in [0.717, 1.165) is 0 Å². The minimum Gasteiger partial charge on any atom is -0.480 e. The van der Waals surface area contributed by atoms with E-state index in [0.29, 0.717) is 19.3 Å². The van der Waals surface area contributed by atoms with Gasteiger partial charge in [0.25, 0.3) is 0 Å². The predicted octanol–water partition coefficient (Wildman–Crippen LogP) is 2.17. The van der Waals surface area contributed by atoms with E-state index in [1.54, 1.807) is 13.0 Å². The number of ether oxygens (including phenoxy) is 8. The van der Waals surface area contributed by atoms with Crippen molar-refractivity contribution >= 4 is 35.4 Å². The van der Waals surface area contributed by atoms with Gasteiger partial charge in [0.15, 0.2) is 12.6 Å². The van der Waals surface area contributed by atoms with Crippen LogP contribution in [0.4, 0.5) is 0 Å². The Kier molecular flexibility index (Phi) is 19.3. The van der Waals surface area contributed by atoms with Crippen molar-refractivity contribution in [1.29, 1.82) is 0 Å². The third kappa shape index (κ3) is 13.2. The normalized spacial score (nSPS) is 41.8. The van der Waals surface area contributed by atoms with Crippen LogP contribution in [0.3, 0.4) is 0 Å². The molecule has 3 fully saturated rings. The van der Waals surface area contributed by atoms with Crippen LogP contribution in [0.1, 0.15) is 74.1 Å². The van der Waals surface area contributed by atoms with Gasteiger partial charge in [-0.3, -0.25) is 9.59 Å². The number of epoxide rings is 1. The molecule has 0 unspecified atom stereocenters. The van der Waals surface area contributed by atoms with Crippen molar-refractivity contribution in [2.24, 2.45) is 23.7 Å². The second-order valence-corrected chi connectivity index (χ2v) is 18.5. The highest BCUT2D eigenvalue weighted by Crippen LogP contribution is 2.43. The van der Waals surface area contributed by atoms with Gasteiger partial charge in [-0.1, -0.05) is 33.8 Å². The number of carbonyl (C=O) groups is 4. The highest BCUT2D eigenvalue weighted by molar-refractivity contribution is 8.00. The van der Waals surface area contributed by atoms with Gasteiger partial charge < -0.3 is 63.4 Å². The maximum atomic E-state index is 14.2. The Morgan fingerprint density at radius 3 is 2.23 bits per heavy atom. The molecular weight excluding hydrogens is 805 g/mol. The Morgan fingerprint density at radius 1 is 0.950 bits per heavy atom. The number of carbonyl (C=O) groups excluding carboxylic acids is 3. The van der Waals surface area contributed by atoms with Crippen LogP contribution < -0.4 is 5.32 Å². The third-order valence-corrected chi connectivity index (χ3v) is 13.7. The van der Waals surface area contributed by atoms with E-state index in [9.17, 15) is 34.5 Å². The number of hydrogen-bond donors (Lipinski definition) is 4. The standard InChI is InChI=1S/C42H70N2O15S/c1-12-30-26(18-54-42-39(53-11)38(52-10)33(48)24(6)56-42)36-37(58-36)31(60-19-27(40(50)51)43-25(7)45)17-29(46)21(3)15-22(4)35(20(2)13-14-32(47)57-30)59-41-34(49)28(44(8)9)16-23(5)55-41/h13-14,20-24,26-28,30-31,33-39,41-42,48-49H,12,15-19H2,1-11H3,(H,43,45)(H,50,51)/b14-13+/t20-,21-,22+,23+,24-,26+,27-,28+,30+,31-,33+,34-,35+,36+,37-,38-,39+,41-,42+/m0/s1. The number of aliphatic hydroxyl groups excluding tert-OH is 2. The molecule has 0 radical (unpaired) electrons. The van der Waals surface area contributed by atoms with Crippen LogP contribution >= 0.6 is 11.8 Å². The zero-order chi connectivity index (χ0) is 44.6. The summed E-state index contributed by atoms with van der Waals surface area (Å²) in [4.78, 5) is 53.9. The van der Waals surface area contributed by atoms with Crippen molar-refractivity contribution < 1.29 is 72.4 Å². The number of likely N-dealkylation sites (N-methyl/N-ethyl adjacent to an activating group) is 1. The van der Waals surface area contributed by atoms with Gasteiger partial charge in [-0.2, -0.15) is 11.8 Å². The van der Waals surface area contributed by atoms with Crippen LogP contribution in [0.25, 0.3) is 0 Å². The number of thioether (sulfide) groups is 1. The smallest absolute Gasteiger partial charge is 0.330 e. The summed E-state index contributed by atoms with van der Waals surface area (Å²) < 4.78 is 48.8. The number of fused-ring (bicyclic) bond motifs is 1. The number of ketones is 1. The minimum atomic E-state index is -1.21. The van der Waals surface area contributed by atoms with Gasteiger partial charge in [0, 0.05) is 68.4 Å². The molecule has 0 saturated carbocycles. The molecule has 344 valence electrons. The van der Waals surface area contributed by atoms with Crippen LogP contribution in [0.5, 0.6) is 0 Å². The Labute approximate surface area is 358 Å². The van der Waals surface area contributed by atoms with E-state index in [1.165, 1.54) is 39.0 Å². The molecule has 1 amide bonds. The fourth-order valence-corrected chi connectivity index (χ4v) is 10.1. The molecule has 0 aliphatic carbocycles. The third-order valence-electron chi connectivity index (χ3n) is 12.3. The quantitative estimate of drug-likeness (QED) is 0.145. The molecule has 0 spiro atoms. The fraction of sp³-hybridized carbons (Fsp3) is 0.857. The first-order valence-corrected chi connectivity index (χ1v) is 22.2. The lowest BCUT2D eigenvalue weighted by molar-refractivity contribution is -0.305. The van der Waals surface area contributed by atoms with Crippen molar-refractivity contribution in [3.8, 4) is 0 Å². The van der Waals surface area contributed by atoms with Gasteiger partial charge in [-0.15, -0.1) is 0 Å². The van der Waals surface area contributed by atoms with Gasteiger partial charge in [0.1, 0.15) is 42.3 Å². The summed E-state index contributed by atoms with van der Waals surface area (Å²) in [5.41, 5.74) is 0. The molecule has 0 aromatic carbocycles. The Hall–Kier alpha value is -2.23. The lowest BCUT2D eigenvalue weighted by atomic mass is 9.83. The number of amides is 1. The number of carboxylic acids is 1. The van der Waals surface area contributed by atoms with Crippen molar-refractivity contribution in [1.82, 2.24) is 10.2 Å². The second kappa shape index (κ2) is 22.9. The second-order valence-electron chi connectivity index (χ2n) is 17.2. The van der Waals surface area contributed by atoms with Gasteiger partial charge in [-0.25, -0.2) is 9.59 Å². The molecule has 4 rings (SSSR count). The molecule has 3 saturated heterocycles. The summed E-state index contributed by atoms with van der Waals surface area (Å²) in [6.07, 6.45) is -4.17. The first-order chi connectivity index (χ1) is 28.3. The van der Waals surface area contributed by atoms with Crippen LogP contribution in [-0.4, -0.2) is 175 Å². The number of rotatable bonds is 14. The Balaban J connectivity index is 1.68. The van der Waals surface area contributed by atoms with E-state index in [-0.39, 0.29) is 48.5 Å². The fourth-order valence-electron chi connectivity index (χ4n) is 8.76. The summed E-state index contributed by atoms with van der Waals surface area (Å²) in [7, 11) is 6.72. The molecular formula is C42H70N2O15S. The largest absolute Gasteiger partial charge is 0.480 e. The first kappa shape index (κ1) is 50.4.